The quantitative estimate of drug-likeness (QED) is 0.474. The van der Waals surface area contributed by atoms with Gasteiger partial charge in [-0.2, -0.15) is 0 Å². The molecule has 0 aromatic rings. The molecule has 2 heterocycles. The number of nitrogens with one attached hydrogen (secondary N) is 1. The molecular formula is C18H37N5. The van der Waals surface area contributed by atoms with Crippen LogP contribution in [0.4, 0.5) is 0 Å². The van der Waals surface area contributed by atoms with Gasteiger partial charge >= 0.3 is 0 Å². The molecule has 2 saturated heterocycles. The summed E-state index contributed by atoms with van der Waals surface area (Å²) < 4.78 is 0. The largest absolute Gasteiger partial charge is 0.356 e. The smallest absolute Gasteiger partial charge is 0.194 e. The molecule has 5 heteroatoms. The number of hydrogen-bond acceptors (Lipinski definition) is 3. The van der Waals surface area contributed by atoms with Crippen molar-refractivity contribution in [3.8, 4) is 0 Å². The van der Waals surface area contributed by atoms with E-state index < -0.39 is 0 Å². The highest BCUT2D eigenvalue weighted by Gasteiger charge is 2.53. The zero-order valence-electron chi connectivity index (χ0n) is 16.2. The average Bonchev–Trinajstić information content (AvgIpc) is 2.51. The summed E-state index contributed by atoms with van der Waals surface area (Å²) in [5.41, 5.74) is 0.528. The average molecular weight is 324 g/mol. The third kappa shape index (κ3) is 4.18. The second kappa shape index (κ2) is 7.39. The fourth-order valence-corrected chi connectivity index (χ4v) is 3.43. The fraction of sp³-hybridized carbons (Fsp3) is 0.944. The summed E-state index contributed by atoms with van der Waals surface area (Å²) in [4.78, 5) is 11.9. The van der Waals surface area contributed by atoms with Crippen LogP contribution in [0.5, 0.6) is 0 Å². The van der Waals surface area contributed by atoms with E-state index in [1.54, 1.807) is 0 Å². The first kappa shape index (κ1) is 18.5. The third-order valence-electron chi connectivity index (χ3n) is 6.13. The SMILES string of the molecule is CN=C(NCCCCN1CCN(C)CC1)N1CC(C)(C)C1(C)C. The lowest BCUT2D eigenvalue weighted by molar-refractivity contribution is -0.0667. The zero-order chi connectivity index (χ0) is 17.1. The highest BCUT2D eigenvalue weighted by atomic mass is 15.4. The summed E-state index contributed by atoms with van der Waals surface area (Å²) in [6.07, 6.45) is 2.48. The topological polar surface area (TPSA) is 34.1 Å². The van der Waals surface area contributed by atoms with Crippen LogP contribution >= 0.6 is 0 Å². The Balaban J connectivity index is 1.64. The van der Waals surface area contributed by atoms with Gasteiger partial charge < -0.3 is 20.0 Å². The minimum atomic E-state index is 0.175. The van der Waals surface area contributed by atoms with Crippen LogP contribution in [0.25, 0.3) is 0 Å². The molecule has 0 atom stereocenters. The lowest BCUT2D eigenvalue weighted by Gasteiger charge is -2.62. The molecule has 23 heavy (non-hydrogen) atoms. The van der Waals surface area contributed by atoms with Gasteiger partial charge in [0, 0.05) is 57.3 Å². The van der Waals surface area contributed by atoms with Crippen LogP contribution < -0.4 is 5.32 Å². The Morgan fingerprint density at radius 3 is 2.22 bits per heavy atom. The van der Waals surface area contributed by atoms with Crippen molar-refractivity contribution in [1.82, 2.24) is 20.0 Å². The van der Waals surface area contributed by atoms with E-state index in [0.717, 1.165) is 19.0 Å². The number of rotatable bonds is 5. The van der Waals surface area contributed by atoms with Crippen LogP contribution in [0.1, 0.15) is 40.5 Å². The predicted molar refractivity (Wildman–Crippen MR) is 99.1 cm³/mol. The summed E-state index contributed by atoms with van der Waals surface area (Å²) >= 11 is 0. The van der Waals surface area contributed by atoms with Gasteiger partial charge in [0.05, 0.1) is 0 Å². The van der Waals surface area contributed by atoms with E-state index >= 15 is 0 Å². The van der Waals surface area contributed by atoms with Gasteiger partial charge in [-0.05, 0) is 40.3 Å². The molecule has 0 bridgehead atoms. The molecule has 134 valence electrons. The van der Waals surface area contributed by atoms with Crippen molar-refractivity contribution in [2.24, 2.45) is 10.4 Å². The van der Waals surface area contributed by atoms with E-state index in [9.17, 15) is 0 Å². The minimum absolute atomic E-state index is 0.175. The van der Waals surface area contributed by atoms with Crippen molar-refractivity contribution in [3.05, 3.63) is 0 Å². The first-order valence-electron chi connectivity index (χ1n) is 9.17. The Bertz CT molecular complexity index is 408. The molecular weight excluding hydrogens is 286 g/mol. The monoisotopic (exact) mass is 323 g/mol. The predicted octanol–water partition coefficient (Wildman–Crippen LogP) is 1.71. The highest BCUT2D eigenvalue weighted by molar-refractivity contribution is 5.81. The van der Waals surface area contributed by atoms with Crippen molar-refractivity contribution in [1.29, 1.82) is 0 Å². The normalized spacial score (nSPS) is 25.3. The van der Waals surface area contributed by atoms with Gasteiger partial charge in [0.25, 0.3) is 0 Å². The number of nitrogens with zero attached hydrogens (tertiary/aromatic N) is 4. The Labute approximate surface area is 143 Å². The summed E-state index contributed by atoms with van der Waals surface area (Å²) in [5, 5.41) is 3.56. The van der Waals surface area contributed by atoms with Crippen molar-refractivity contribution >= 4 is 5.96 Å². The van der Waals surface area contributed by atoms with Crippen molar-refractivity contribution in [2.75, 3.05) is 59.9 Å². The molecule has 0 aromatic carbocycles. The van der Waals surface area contributed by atoms with Gasteiger partial charge in [0.2, 0.25) is 0 Å². The Morgan fingerprint density at radius 1 is 1.04 bits per heavy atom. The van der Waals surface area contributed by atoms with Crippen LogP contribution in [-0.4, -0.2) is 86.1 Å². The van der Waals surface area contributed by atoms with E-state index in [1.165, 1.54) is 45.6 Å². The lowest BCUT2D eigenvalue weighted by atomic mass is 9.65. The van der Waals surface area contributed by atoms with Crippen LogP contribution in [0.2, 0.25) is 0 Å². The second-order valence-corrected chi connectivity index (χ2v) is 8.36. The molecule has 0 amide bonds. The number of guanidine groups is 1. The molecule has 1 N–H and O–H groups in total. The summed E-state index contributed by atoms with van der Waals surface area (Å²) in [7, 11) is 4.11. The second-order valence-electron chi connectivity index (χ2n) is 8.36. The number of hydrogen-bond donors (Lipinski definition) is 1. The molecule has 0 aromatic heterocycles. The molecule has 2 aliphatic heterocycles. The number of piperazine rings is 1. The van der Waals surface area contributed by atoms with Crippen molar-refractivity contribution in [2.45, 2.75) is 46.1 Å². The molecule has 0 spiro atoms. The summed E-state index contributed by atoms with van der Waals surface area (Å²) in [5.74, 6) is 1.06. The minimum Gasteiger partial charge on any atom is -0.356 e. The number of likely N-dealkylation sites (tertiary alicyclic amines) is 1. The van der Waals surface area contributed by atoms with Gasteiger partial charge in [-0.1, -0.05) is 13.8 Å². The van der Waals surface area contributed by atoms with E-state index in [1.807, 2.05) is 7.05 Å². The maximum Gasteiger partial charge on any atom is 0.194 e. The van der Waals surface area contributed by atoms with Crippen LogP contribution in [-0.2, 0) is 0 Å². The van der Waals surface area contributed by atoms with Gasteiger partial charge in [-0.25, -0.2) is 0 Å². The Hall–Kier alpha value is -0.810. The summed E-state index contributed by atoms with van der Waals surface area (Å²) in [6.45, 7) is 17.5. The number of aliphatic imine (C=N–C) groups is 1. The van der Waals surface area contributed by atoms with E-state index in [0.29, 0.717) is 5.41 Å². The van der Waals surface area contributed by atoms with Crippen LogP contribution in [0.3, 0.4) is 0 Å². The van der Waals surface area contributed by atoms with Crippen LogP contribution in [0, 0.1) is 5.41 Å². The maximum atomic E-state index is 4.48. The molecule has 2 rings (SSSR count). The molecule has 2 fully saturated rings. The Morgan fingerprint density at radius 2 is 1.70 bits per heavy atom. The molecule has 2 aliphatic rings. The number of unbranched alkanes of at least 4 members (excludes halogenated alkanes) is 1. The first-order valence-corrected chi connectivity index (χ1v) is 9.17. The number of likely N-dealkylation sites (N-methyl/N-ethyl adjacent to an activating group) is 1. The molecule has 0 saturated carbocycles. The summed E-state index contributed by atoms with van der Waals surface area (Å²) in [6, 6.07) is 0. The Kier molecular flexibility index (Phi) is 5.95. The lowest BCUT2D eigenvalue weighted by Crippen LogP contribution is -2.72. The third-order valence-corrected chi connectivity index (χ3v) is 6.13. The fourth-order valence-electron chi connectivity index (χ4n) is 3.43. The van der Waals surface area contributed by atoms with Crippen molar-refractivity contribution in [3.63, 3.8) is 0 Å². The van der Waals surface area contributed by atoms with Gasteiger partial charge in [-0.3, -0.25) is 4.99 Å². The zero-order valence-corrected chi connectivity index (χ0v) is 16.2. The molecule has 0 unspecified atom stereocenters. The van der Waals surface area contributed by atoms with Gasteiger partial charge in [0.1, 0.15) is 0 Å². The van der Waals surface area contributed by atoms with E-state index in [-0.39, 0.29) is 5.54 Å². The van der Waals surface area contributed by atoms with Gasteiger partial charge in [0.15, 0.2) is 5.96 Å². The molecule has 0 radical (unpaired) electrons. The van der Waals surface area contributed by atoms with E-state index in [4.69, 9.17) is 0 Å². The highest BCUT2D eigenvalue weighted by Crippen LogP contribution is 2.46. The van der Waals surface area contributed by atoms with Crippen molar-refractivity contribution < 1.29 is 0 Å². The molecule has 5 nitrogen and oxygen atoms in total. The standard InChI is InChI=1S/C18H37N5/c1-17(2)15-23(18(17,3)4)16(19-5)20-9-7-8-10-22-13-11-21(6)12-14-22/h7-15H2,1-6H3,(H,19,20). The van der Waals surface area contributed by atoms with Crippen LogP contribution in [0.15, 0.2) is 4.99 Å². The maximum absolute atomic E-state index is 4.48. The molecule has 0 aliphatic carbocycles. The first-order chi connectivity index (χ1) is 10.8. The van der Waals surface area contributed by atoms with Gasteiger partial charge in [-0.15, -0.1) is 0 Å². The van der Waals surface area contributed by atoms with E-state index in [2.05, 4.69) is 59.8 Å².